The van der Waals surface area contributed by atoms with E-state index in [1.165, 1.54) is 5.56 Å². The van der Waals surface area contributed by atoms with Gasteiger partial charge in [-0.3, -0.25) is 14.5 Å². The van der Waals surface area contributed by atoms with Crippen molar-refractivity contribution in [3.05, 3.63) is 77.0 Å². The molecule has 5 rings (SSSR count). The third kappa shape index (κ3) is 4.13. The first kappa shape index (κ1) is 20.7. The standard InChI is InChI=1S/C25H27N3O4/c1-17-13-22(24(29)26-17)28-15-21-20(25(28)30)3-2-4-23(21)32-16-19-7-5-18(6-8-19)14-27-9-11-31-12-10-27/h2-8,22H,1,9-16H2,(H,26,29)/t22-/m0/s1. The number of carbonyl (C=O) groups excluding carboxylic acids is 2. The Hall–Kier alpha value is -3.16. The number of nitrogens with one attached hydrogen (secondary N) is 1. The van der Waals surface area contributed by atoms with E-state index in [-0.39, 0.29) is 11.8 Å². The molecular formula is C25H27N3O4. The van der Waals surface area contributed by atoms with Crippen molar-refractivity contribution in [3.63, 3.8) is 0 Å². The Bertz CT molecular complexity index is 1040. The second-order valence-corrected chi connectivity index (χ2v) is 8.52. The normalized spacial score (nSPS) is 21.1. The maximum Gasteiger partial charge on any atom is 0.255 e. The number of carbonyl (C=O) groups is 2. The molecule has 0 saturated carbocycles. The van der Waals surface area contributed by atoms with Gasteiger partial charge in [0, 0.05) is 42.9 Å². The molecule has 0 unspecified atom stereocenters. The molecule has 166 valence electrons. The molecule has 2 amide bonds. The molecule has 0 bridgehead atoms. The van der Waals surface area contributed by atoms with Crippen LogP contribution in [0.4, 0.5) is 0 Å². The van der Waals surface area contributed by atoms with Crippen molar-refractivity contribution in [1.29, 1.82) is 0 Å². The summed E-state index contributed by atoms with van der Waals surface area (Å²) >= 11 is 0. The van der Waals surface area contributed by atoms with E-state index in [0.29, 0.717) is 36.6 Å². The maximum atomic E-state index is 12.9. The van der Waals surface area contributed by atoms with Gasteiger partial charge < -0.3 is 19.7 Å². The highest BCUT2D eigenvalue weighted by atomic mass is 16.5. The Morgan fingerprint density at radius 3 is 2.53 bits per heavy atom. The zero-order chi connectivity index (χ0) is 22.1. The summed E-state index contributed by atoms with van der Waals surface area (Å²) in [6.45, 7) is 9.07. The number of hydrogen-bond acceptors (Lipinski definition) is 5. The Morgan fingerprint density at radius 2 is 1.81 bits per heavy atom. The van der Waals surface area contributed by atoms with Crippen LogP contribution in [0, 0.1) is 0 Å². The minimum absolute atomic E-state index is 0.132. The molecule has 0 aromatic heterocycles. The van der Waals surface area contributed by atoms with Crippen molar-refractivity contribution in [2.75, 3.05) is 26.3 Å². The number of nitrogens with zero attached hydrogens (tertiary/aromatic N) is 2. The molecule has 1 atom stereocenters. The van der Waals surface area contributed by atoms with Crippen molar-refractivity contribution >= 4 is 11.8 Å². The summed E-state index contributed by atoms with van der Waals surface area (Å²) in [5, 5.41) is 2.71. The molecule has 0 radical (unpaired) electrons. The summed E-state index contributed by atoms with van der Waals surface area (Å²) in [5.74, 6) is 0.386. The molecule has 2 aromatic carbocycles. The summed E-state index contributed by atoms with van der Waals surface area (Å²) in [6.07, 6.45) is 0.450. The quantitative estimate of drug-likeness (QED) is 0.758. The largest absolute Gasteiger partial charge is 0.489 e. The van der Waals surface area contributed by atoms with Crippen molar-refractivity contribution in [3.8, 4) is 5.75 Å². The lowest BCUT2D eigenvalue weighted by molar-refractivity contribution is -0.122. The van der Waals surface area contributed by atoms with Crippen LogP contribution in [-0.4, -0.2) is 54.0 Å². The maximum absolute atomic E-state index is 12.9. The lowest BCUT2D eigenvalue weighted by Crippen LogP contribution is -2.40. The van der Waals surface area contributed by atoms with Crippen molar-refractivity contribution in [2.45, 2.75) is 32.2 Å². The molecular weight excluding hydrogens is 406 g/mol. The van der Waals surface area contributed by atoms with E-state index in [1.54, 1.807) is 11.0 Å². The summed E-state index contributed by atoms with van der Waals surface area (Å²) in [6, 6.07) is 13.5. The van der Waals surface area contributed by atoms with Gasteiger partial charge in [0.15, 0.2) is 0 Å². The highest BCUT2D eigenvalue weighted by Gasteiger charge is 2.40. The summed E-state index contributed by atoms with van der Waals surface area (Å²) in [7, 11) is 0. The molecule has 3 aliphatic heterocycles. The average Bonchev–Trinajstić information content (AvgIpc) is 3.32. The number of morpholine rings is 1. The molecule has 2 fully saturated rings. The lowest BCUT2D eigenvalue weighted by Gasteiger charge is -2.26. The highest BCUT2D eigenvalue weighted by molar-refractivity contribution is 6.02. The molecule has 1 N–H and O–H groups in total. The van der Waals surface area contributed by atoms with Crippen LogP contribution in [0.25, 0.3) is 0 Å². The molecule has 3 heterocycles. The van der Waals surface area contributed by atoms with Crippen LogP contribution in [0.5, 0.6) is 5.75 Å². The van der Waals surface area contributed by atoms with E-state index in [4.69, 9.17) is 9.47 Å². The van der Waals surface area contributed by atoms with Crippen molar-refractivity contribution in [1.82, 2.24) is 15.1 Å². The molecule has 32 heavy (non-hydrogen) atoms. The van der Waals surface area contributed by atoms with Crippen molar-refractivity contribution < 1.29 is 19.1 Å². The topological polar surface area (TPSA) is 71.1 Å². The SMILES string of the molecule is C=C1C[C@H](N2Cc3c(OCc4ccc(CN5CCOCC5)cc4)cccc3C2=O)C(=O)N1. The molecule has 2 saturated heterocycles. The fraction of sp³-hybridized carbons (Fsp3) is 0.360. The number of ether oxygens (including phenoxy) is 2. The van der Waals surface area contributed by atoms with Crippen LogP contribution in [0.2, 0.25) is 0 Å². The van der Waals surface area contributed by atoms with Gasteiger partial charge in [0.1, 0.15) is 18.4 Å². The fourth-order valence-corrected chi connectivity index (χ4v) is 4.52. The molecule has 7 nitrogen and oxygen atoms in total. The first-order valence-corrected chi connectivity index (χ1v) is 11.0. The minimum atomic E-state index is -0.505. The second kappa shape index (κ2) is 8.76. The third-order valence-corrected chi connectivity index (χ3v) is 6.30. The van der Waals surface area contributed by atoms with Crippen molar-refractivity contribution in [2.24, 2.45) is 0 Å². The van der Waals surface area contributed by atoms with E-state index in [9.17, 15) is 9.59 Å². The van der Waals surface area contributed by atoms with Crippen LogP contribution in [-0.2, 0) is 29.2 Å². The number of benzene rings is 2. The predicted molar refractivity (Wildman–Crippen MR) is 119 cm³/mol. The summed E-state index contributed by atoms with van der Waals surface area (Å²) < 4.78 is 11.5. The van der Waals surface area contributed by atoms with E-state index in [0.717, 1.165) is 44.0 Å². The van der Waals surface area contributed by atoms with Gasteiger partial charge in [-0.2, -0.15) is 0 Å². The Labute approximate surface area is 187 Å². The van der Waals surface area contributed by atoms with Gasteiger partial charge in [-0.05, 0) is 23.3 Å². The first-order valence-electron chi connectivity index (χ1n) is 11.0. The number of hydrogen-bond donors (Lipinski definition) is 1. The molecule has 2 aromatic rings. The van der Waals surface area contributed by atoms with E-state index in [1.807, 2.05) is 12.1 Å². The van der Waals surface area contributed by atoms with Crippen LogP contribution in [0.15, 0.2) is 54.7 Å². The zero-order valence-electron chi connectivity index (χ0n) is 18.0. The van der Waals surface area contributed by atoms with E-state index in [2.05, 4.69) is 41.1 Å². The molecule has 0 aliphatic carbocycles. The van der Waals surface area contributed by atoms with Gasteiger partial charge in [-0.25, -0.2) is 0 Å². The third-order valence-electron chi connectivity index (χ3n) is 6.30. The minimum Gasteiger partial charge on any atom is -0.489 e. The molecule has 7 heteroatoms. The number of rotatable bonds is 6. The fourth-order valence-electron chi connectivity index (χ4n) is 4.52. The second-order valence-electron chi connectivity index (χ2n) is 8.52. The number of amides is 2. The zero-order valence-corrected chi connectivity index (χ0v) is 18.0. The van der Waals surface area contributed by atoms with Crippen LogP contribution in [0.3, 0.4) is 0 Å². The van der Waals surface area contributed by atoms with Crippen LogP contribution >= 0.6 is 0 Å². The van der Waals surface area contributed by atoms with Gasteiger partial charge in [-0.15, -0.1) is 0 Å². The Morgan fingerprint density at radius 1 is 1.06 bits per heavy atom. The van der Waals surface area contributed by atoms with E-state index < -0.39 is 6.04 Å². The molecule has 3 aliphatic rings. The summed E-state index contributed by atoms with van der Waals surface area (Å²) in [5.41, 5.74) is 4.44. The van der Waals surface area contributed by atoms with Crippen LogP contribution < -0.4 is 10.1 Å². The Kier molecular flexibility index (Phi) is 5.68. The lowest BCUT2D eigenvalue weighted by atomic mass is 10.1. The van der Waals surface area contributed by atoms with E-state index >= 15 is 0 Å². The van der Waals surface area contributed by atoms with Gasteiger partial charge in [0.2, 0.25) is 5.91 Å². The smallest absolute Gasteiger partial charge is 0.255 e. The van der Waals surface area contributed by atoms with Gasteiger partial charge in [-0.1, -0.05) is 36.9 Å². The molecule has 0 spiro atoms. The van der Waals surface area contributed by atoms with Crippen LogP contribution in [0.1, 0.15) is 33.5 Å². The number of fused-ring (bicyclic) bond motifs is 1. The first-order chi connectivity index (χ1) is 15.6. The Balaban J connectivity index is 1.23. The monoisotopic (exact) mass is 433 g/mol. The van der Waals surface area contributed by atoms with Gasteiger partial charge >= 0.3 is 0 Å². The predicted octanol–water partition coefficient (Wildman–Crippen LogP) is 2.46. The van der Waals surface area contributed by atoms with Gasteiger partial charge in [0.25, 0.3) is 5.91 Å². The highest BCUT2D eigenvalue weighted by Crippen LogP contribution is 2.34. The average molecular weight is 434 g/mol. The van der Waals surface area contributed by atoms with Gasteiger partial charge in [0.05, 0.1) is 19.8 Å². The summed E-state index contributed by atoms with van der Waals surface area (Å²) in [4.78, 5) is 29.1.